The Hall–Kier alpha value is -1.95. The molecule has 0 saturated heterocycles. The highest BCUT2D eigenvalue weighted by Crippen LogP contribution is 2.16. The molecule has 102 valence electrons. The number of aryl methyl sites for hydroxylation is 1. The Labute approximate surface area is 112 Å². The van der Waals surface area contributed by atoms with Crippen LogP contribution >= 0.6 is 0 Å². The number of ether oxygens (including phenoxy) is 1. The second-order valence-corrected chi connectivity index (χ2v) is 5.44. The van der Waals surface area contributed by atoms with E-state index in [-0.39, 0.29) is 5.54 Å². The van der Waals surface area contributed by atoms with Crippen LogP contribution in [0.15, 0.2) is 18.5 Å². The molecule has 0 aliphatic rings. The van der Waals surface area contributed by atoms with Gasteiger partial charge in [-0.1, -0.05) is 0 Å². The van der Waals surface area contributed by atoms with Crippen LogP contribution in [0.5, 0.6) is 11.8 Å². The minimum Gasteiger partial charge on any atom is -0.417 e. The highest BCUT2D eigenvalue weighted by molar-refractivity contribution is 5.19. The summed E-state index contributed by atoms with van der Waals surface area (Å²) >= 11 is 0. The van der Waals surface area contributed by atoms with Gasteiger partial charge in [0, 0.05) is 23.8 Å². The molecule has 0 amide bonds. The summed E-state index contributed by atoms with van der Waals surface area (Å²) in [7, 11) is 0. The van der Waals surface area contributed by atoms with Crippen LogP contribution in [0.25, 0.3) is 0 Å². The van der Waals surface area contributed by atoms with Crippen molar-refractivity contribution in [1.29, 1.82) is 0 Å². The van der Waals surface area contributed by atoms with Crippen molar-refractivity contribution < 1.29 is 4.74 Å². The first-order chi connectivity index (χ1) is 8.92. The van der Waals surface area contributed by atoms with Crippen molar-refractivity contribution in [3.8, 4) is 11.8 Å². The maximum Gasteiger partial charge on any atom is 0.240 e. The minimum absolute atomic E-state index is 0.0589. The van der Waals surface area contributed by atoms with E-state index in [0.717, 1.165) is 11.4 Å². The summed E-state index contributed by atoms with van der Waals surface area (Å²) in [5.41, 5.74) is 1.87. The molecule has 19 heavy (non-hydrogen) atoms. The highest BCUT2D eigenvalue weighted by Gasteiger charge is 2.09. The first kappa shape index (κ1) is 13.5. The van der Waals surface area contributed by atoms with Gasteiger partial charge in [0.05, 0.1) is 18.1 Å². The lowest BCUT2D eigenvalue weighted by Crippen LogP contribution is -2.35. The topological polar surface area (TPSA) is 75.7 Å². The number of nitrogens with one attached hydrogen (secondary N) is 2. The number of H-pyrrole nitrogens is 1. The van der Waals surface area contributed by atoms with E-state index in [0.29, 0.717) is 18.3 Å². The van der Waals surface area contributed by atoms with Gasteiger partial charge < -0.3 is 10.1 Å². The fraction of sp³-hybridized carbons (Fsp3) is 0.462. The molecule has 0 fully saturated rings. The number of hydrogen-bond acceptors (Lipinski definition) is 5. The smallest absolute Gasteiger partial charge is 0.240 e. The summed E-state index contributed by atoms with van der Waals surface area (Å²) in [6.45, 7) is 8.92. The molecule has 0 saturated carbocycles. The summed E-state index contributed by atoms with van der Waals surface area (Å²) in [5, 5.41) is 10.1. The van der Waals surface area contributed by atoms with E-state index in [9.17, 15) is 0 Å². The molecule has 0 aliphatic carbocycles. The van der Waals surface area contributed by atoms with Crippen molar-refractivity contribution in [1.82, 2.24) is 25.5 Å². The van der Waals surface area contributed by atoms with Crippen LogP contribution in [0.3, 0.4) is 0 Å². The lowest BCUT2D eigenvalue weighted by Gasteiger charge is -2.19. The van der Waals surface area contributed by atoms with E-state index in [1.165, 1.54) is 0 Å². The maximum atomic E-state index is 5.46. The van der Waals surface area contributed by atoms with Crippen molar-refractivity contribution in [2.24, 2.45) is 0 Å². The van der Waals surface area contributed by atoms with Gasteiger partial charge in [-0.2, -0.15) is 0 Å². The molecule has 2 aromatic rings. The molecule has 0 aliphatic heterocycles. The van der Waals surface area contributed by atoms with Gasteiger partial charge in [0.2, 0.25) is 11.8 Å². The van der Waals surface area contributed by atoms with Crippen LogP contribution in [0, 0.1) is 6.92 Å². The SMILES string of the molecule is Cc1cc(Oc2cnc(CNC(C)(C)C)cn2)n[nH]1. The fourth-order valence-corrected chi connectivity index (χ4v) is 1.40. The summed E-state index contributed by atoms with van der Waals surface area (Å²) in [6, 6.07) is 1.80. The van der Waals surface area contributed by atoms with Crippen LogP contribution < -0.4 is 10.1 Å². The lowest BCUT2D eigenvalue weighted by molar-refractivity contribution is 0.417. The van der Waals surface area contributed by atoms with Crippen molar-refractivity contribution in [2.45, 2.75) is 39.8 Å². The first-order valence-electron chi connectivity index (χ1n) is 6.18. The van der Waals surface area contributed by atoms with Crippen LogP contribution in [0.2, 0.25) is 0 Å². The third kappa shape index (κ3) is 4.33. The Morgan fingerprint density at radius 1 is 1.21 bits per heavy atom. The van der Waals surface area contributed by atoms with Crippen LogP contribution in [0.4, 0.5) is 0 Å². The Bertz CT molecular complexity index is 527. The number of nitrogens with zero attached hydrogens (tertiary/aromatic N) is 3. The molecular weight excluding hydrogens is 242 g/mol. The Balaban J connectivity index is 1.95. The second kappa shape index (κ2) is 5.36. The molecule has 0 unspecified atom stereocenters. The zero-order valence-corrected chi connectivity index (χ0v) is 11.7. The quantitative estimate of drug-likeness (QED) is 0.882. The number of hydrogen-bond donors (Lipinski definition) is 2. The van der Waals surface area contributed by atoms with E-state index in [4.69, 9.17) is 4.74 Å². The predicted molar refractivity (Wildman–Crippen MR) is 72.0 cm³/mol. The van der Waals surface area contributed by atoms with Gasteiger partial charge in [-0.15, -0.1) is 5.10 Å². The van der Waals surface area contributed by atoms with E-state index >= 15 is 0 Å². The molecule has 0 atom stereocenters. The Kier molecular flexibility index (Phi) is 3.80. The van der Waals surface area contributed by atoms with Crippen LogP contribution in [-0.2, 0) is 6.54 Å². The highest BCUT2D eigenvalue weighted by atomic mass is 16.5. The summed E-state index contributed by atoms with van der Waals surface area (Å²) in [5.74, 6) is 0.929. The van der Waals surface area contributed by atoms with Gasteiger partial charge in [-0.05, 0) is 27.7 Å². The fourth-order valence-electron chi connectivity index (χ4n) is 1.40. The van der Waals surface area contributed by atoms with Crippen molar-refractivity contribution in [3.63, 3.8) is 0 Å². The summed E-state index contributed by atoms with van der Waals surface area (Å²) in [6.07, 6.45) is 3.30. The molecule has 0 bridgehead atoms. The maximum absolute atomic E-state index is 5.46. The van der Waals surface area contributed by atoms with Gasteiger partial charge in [0.15, 0.2) is 0 Å². The number of aromatic nitrogens is 4. The van der Waals surface area contributed by atoms with Crippen molar-refractivity contribution in [2.75, 3.05) is 0 Å². The Morgan fingerprint density at radius 3 is 2.53 bits per heavy atom. The van der Waals surface area contributed by atoms with Gasteiger partial charge in [-0.3, -0.25) is 10.1 Å². The van der Waals surface area contributed by atoms with E-state index in [1.54, 1.807) is 18.5 Å². The average Bonchev–Trinajstić information content (AvgIpc) is 2.73. The molecule has 6 nitrogen and oxygen atoms in total. The van der Waals surface area contributed by atoms with E-state index in [1.807, 2.05) is 6.92 Å². The van der Waals surface area contributed by atoms with Gasteiger partial charge in [0.1, 0.15) is 0 Å². The van der Waals surface area contributed by atoms with E-state index in [2.05, 4.69) is 46.3 Å². The molecular formula is C13H19N5O. The standard InChI is InChI=1S/C13H19N5O/c1-9-5-11(18-17-9)19-12-8-14-10(6-15-12)7-16-13(2,3)4/h5-6,8,16H,7H2,1-4H3,(H,17,18). The normalized spacial score (nSPS) is 11.6. The molecule has 2 N–H and O–H groups in total. The third-order valence-corrected chi connectivity index (χ3v) is 2.37. The predicted octanol–water partition coefficient (Wildman–Crippen LogP) is 2.19. The number of aromatic amines is 1. The molecule has 0 aromatic carbocycles. The van der Waals surface area contributed by atoms with Crippen molar-refractivity contribution >= 4 is 0 Å². The second-order valence-electron chi connectivity index (χ2n) is 5.44. The number of rotatable bonds is 4. The van der Waals surface area contributed by atoms with E-state index < -0.39 is 0 Å². The molecule has 2 rings (SSSR count). The van der Waals surface area contributed by atoms with Gasteiger partial charge in [0.25, 0.3) is 0 Å². The minimum atomic E-state index is 0.0589. The molecule has 2 aromatic heterocycles. The summed E-state index contributed by atoms with van der Waals surface area (Å²) in [4.78, 5) is 8.50. The molecule has 6 heteroatoms. The van der Waals surface area contributed by atoms with Gasteiger partial charge in [-0.25, -0.2) is 4.98 Å². The average molecular weight is 261 g/mol. The monoisotopic (exact) mass is 261 g/mol. The first-order valence-corrected chi connectivity index (χ1v) is 6.18. The van der Waals surface area contributed by atoms with Crippen LogP contribution in [-0.4, -0.2) is 25.7 Å². The molecule has 0 radical (unpaired) electrons. The zero-order chi connectivity index (χ0) is 13.9. The Morgan fingerprint density at radius 2 is 2.00 bits per heavy atom. The largest absolute Gasteiger partial charge is 0.417 e. The van der Waals surface area contributed by atoms with Crippen molar-refractivity contribution in [3.05, 3.63) is 29.8 Å². The van der Waals surface area contributed by atoms with Gasteiger partial charge >= 0.3 is 0 Å². The zero-order valence-electron chi connectivity index (χ0n) is 11.7. The molecule has 0 spiro atoms. The third-order valence-electron chi connectivity index (χ3n) is 2.37. The lowest BCUT2D eigenvalue weighted by atomic mass is 10.1. The summed E-state index contributed by atoms with van der Waals surface area (Å²) < 4.78 is 5.46. The molecule has 2 heterocycles. The van der Waals surface area contributed by atoms with Crippen LogP contribution in [0.1, 0.15) is 32.2 Å².